The molecule has 94 valence electrons. The molecule has 1 N–H and O–H groups in total. The van der Waals surface area contributed by atoms with Crippen LogP contribution in [0.5, 0.6) is 0 Å². The van der Waals surface area contributed by atoms with E-state index in [1.165, 1.54) is 6.42 Å². The van der Waals surface area contributed by atoms with E-state index >= 15 is 0 Å². The zero-order valence-electron chi connectivity index (χ0n) is 10.2. The molecule has 0 aromatic carbocycles. The van der Waals surface area contributed by atoms with Gasteiger partial charge >= 0.3 is 5.97 Å². The minimum atomic E-state index is -0.700. The molecule has 1 fully saturated rings. The third-order valence-corrected chi connectivity index (χ3v) is 3.78. The summed E-state index contributed by atoms with van der Waals surface area (Å²) in [6, 6.07) is 0. The van der Waals surface area contributed by atoms with Crippen LogP contribution in [0.25, 0.3) is 0 Å². The van der Waals surface area contributed by atoms with Crippen molar-refractivity contribution in [3.63, 3.8) is 0 Å². The van der Waals surface area contributed by atoms with Gasteiger partial charge < -0.3 is 9.67 Å². The first kappa shape index (κ1) is 12.1. The average molecular weight is 237 g/mol. The number of carbonyl (C=O) groups is 1. The van der Waals surface area contributed by atoms with Crippen LogP contribution in [0.2, 0.25) is 0 Å². The van der Waals surface area contributed by atoms with E-state index in [1.54, 1.807) is 6.33 Å². The molecule has 0 unspecified atom stereocenters. The predicted molar refractivity (Wildman–Crippen MR) is 62.5 cm³/mol. The summed E-state index contributed by atoms with van der Waals surface area (Å²) in [6.45, 7) is 0. The van der Waals surface area contributed by atoms with Gasteiger partial charge in [0.05, 0.1) is 6.42 Å². The molecule has 1 heterocycles. The molecule has 0 spiro atoms. The van der Waals surface area contributed by atoms with Crippen LogP contribution in [0.4, 0.5) is 0 Å². The maximum atomic E-state index is 11.0. The number of rotatable bonds is 4. The fourth-order valence-electron chi connectivity index (χ4n) is 2.84. The van der Waals surface area contributed by atoms with Crippen LogP contribution in [0.15, 0.2) is 6.33 Å². The van der Waals surface area contributed by atoms with E-state index in [9.17, 15) is 4.79 Å². The molecule has 5 heteroatoms. The van der Waals surface area contributed by atoms with Crippen molar-refractivity contribution < 1.29 is 9.90 Å². The lowest BCUT2D eigenvalue weighted by molar-refractivity contribution is -0.140. The molecule has 1 aliphatic carbocycles. The standard InChI is InChI=1S/C12H19N3O2/c1-15-9-13-14-10(15)7-12(8-11(16)17)5-3-2-4-6-12/h9H,2-8H2,1H3,(H,16,17). The van der Waals surface area contributed by atoms with E-state index in [0.29, 0.717) is 0 Å². The molecule has 2 rings (SSSR count). The quantitative estimate of drug-likeness (QED) is 0.866. The van der Waals surface area contributed by atoms with Crippen molar-refractivity contribution in [2.45, 2.75) is 44.9 Å². The summed E-state index contributed by atoms with van der Waals surface area (Å²) < 4.78 is 1.89. The van der Waals surface area contributed by atoms with Crippen molar-refractivity contribution in [2.24, 2.45) is 12.5 Å². The van der Waals surface area contributed by atoms with Crippen molar-refractivity contribution in [1.82, 2.24) is 14.8 Å². The Morgan fingerprint density at radius 1 is 1.47 bits per heavy atom. The van der Waals surface area contributed by atoms with E-state index in [1.807, 2.05) is 11.6 Å². The molecule has 17 heavy (non-hydrogen) atoms. The average Bonchev–Trinajstić information content (AvgIpc) is 2.64. The number of aliphatic carboxylic acids is 1. The summed E-state index contributed by atoms with van der Waals surface area (Å²) >= 11 is 0. The molecule has 0 atom stereocenters. The Kier molecular flexibility index (Phi) is 3.45. The molecular weight excluding hydrogens is 218 g/mol. The van der Waals surface area contributed by atoms with Crippen LogP contribution < -0.4 is 0 Å². The lowest BCUT2D eigenvalue weighted by Crippen LogP contribution is -2.30. The second-order valence-corrected chi connectivity index (χ2v) is 5.17. The summed E-state index contributed by atoms with van der Waals surface area (Å²) in [5.41, 5.74) is -0.106. The maximum absolute atomic E-state index is 11.0. The fourth-order valence-corrected chi connectivity index (χ4v) is 2.84. The summed E-state index contributed by atoms with van der Waals surface area (Å²) in [5, 5.41) is 17.0. The van der Waals surface area contributed by atoms with Crippen molar-refractivity contribution in [3.8, 4) is 0 Å². The van der Waals surface area contributed by atoms with Crippen LogP contribution in [-0.2, 0) is 18.3 Å². The van der Waals surface area contributed by atoms with Gasteiger partial charge in [0.15, 0.2) is 0 Å². The highest BCUT2D eigenvalue weighted by atomic mass is 16.4. The second kappa shape index (κ2) is 4.85. The van der Waals surface area contributed by atoms with Crippen LogP contribution in [0, 0.1) is 5.41 Å². The first-order chi connectivity index (χ1) is 8.11. The molecule has 0 bridgehead atoms. The van der Waals surface area contributed by atoms with Gasteiger partial charge in [-0.2, -0.15) is 0 Å². The highest BCUT2D eigenvalue weighted by Crippen LogP contribution is 2.41. The Bertz CT molecular complexity index is 394. The zero-order valence-corrected chi connectivity index (χ0v) is 10.2. The lowest BCUT2D eigenvalue weighted by Gasteiger charge is -2.35. The number of nitrogens with zero attached hydrogens (tertiary/aromatic N) is 3. The monoisotopic (exact) mass is 237 g/mol. The Morgan fingerprint density at radius 3 is 2.71 bits per heavy atom. The van der Waals surface area contributed by atoms with Crippen molar-refractivity contribution in [3.05, 3.63) is 12.2 Å². The van der Waals surface area contributed by atoms with Crippen LogP contribution >= 0.6 is 0 Å². The molecular formula is C12H19N3O2. The van der Waals surface area contributed by atoms with Gasteiger partial charge in [0.2, 0.25) is 0 Å². The highest BCUT2D eigenvalue weighted by Gasteiger charge is 2.35. The first-order valence-electron chi connectivity index (χ1n) is 6.16. The fraction of sp³-hybridized carbons (Fsp3) is 0.750. The van der Waals surface area contributed by atoms with E-state index in [0.717, 1.165) is 37.9 Å². The summed E-state index contributed by atoms with van der Waals surface area (Å²) in [5.74, 6) is 0.196. The normalized spacial score (nSPS) is 19.1. The first-order valence-corrected chi connectivity index (χ1v) is 6.16. The second-order valence-electron chi connectivity index (χ2n) is 5.17. The third kappa shape index (κ3) is 2.84. The Hall–Kier alpha value is -1.39. The molecule has 1 aromatic heterocycles. The molecule has 0 radical (unpaired) electrons. The predicted octanol–water partition coefficient (Wildman–Crippen LogP) is 1.78. The van der Waals surface area contributed by atoms with E-state index in [-0.39, 0.29) is 11.8 Å². The molecule has 5 nitrogen and oxygen atoms in total. The Balaban J connectivity index is 2.15. The summed E-state index contributed by atoms with van der Waals surface area (Å²) in [4.78, 5) is 11.0. The smallest absolute Gasteiger partial charge is 0.303 e. The maximum Gasteiger partial charge on any atom is 0.303 e. The number of aromatic nitrogens is 3. The van der Waals surface area contributed by atoms with Crippen molar-refractivity contribution >= 4 is 5.97 Å². The molecule has 1 saturated carbocycles. The largest absolute Gasteiger partial charge is 0.481 e. The number of hydrogen-bond donors (Lipinski definition) is 1. The number of hydrogen-bond acceptors (Lipinski definition) is 3. The topological polar surface area (TPSA) is 68.0 Å². The minimum Gasteiger partial charge on any atom is -0.481 e. The number of carboxylic acids is 1. The SMILES string of the molecule is Cn1cnnc1CC1(CC(=O)O)CCCCC1. The molecule has 0 saturated heterocycles. The van der Waals surface area contributed by atoms with Gasteiger partial charge in [-0.15, -0.1) is 10.2 Å². The van der Waals surface area contributed by atoms with Gasteiger partial charge in [-0.05, 0) is 18.3 Å². The summed E-state index contributed by atoms with van der Waals surface area (Å²) in [7, 11) is 1.91. The van der Waals surface area contributed by atoms with Crippen LogP contribution in [0.1, 0.15) is 44.3 Å². The molecule has 1 aliphatic rings. The minimum absolute atomic E-state index is 0.106. The van der Waals surface area contributed by atoms with E-state index in [4.69, 9.17) is 5.11 Å². The van der Waals surface area contributed by atoms with Gasteiger partial charge in [-0.3, -0.25) is 4.79 Å². The van der Waals surface area contributed by atoms with E-state index < -0.39 is 5.97 Å². The van der Waals surface area contributed by atoms with Gasteiger partial charge in [0, 0.05) is 13.5 Å². The van der Waals surface area contributed by atoms with Crippen LogP contribution in [0.3, 0.4) is 0 Å². The number of carboxylic acid groups (broad SMARTS) is 1. The van der Waals surface area contributed by atoms with Gasteiger partial charge in [0.25, 0.3) is 0 Å². The molecule has 1 aromatic rings. The zero-order chi connectivity index (χ0) is 12.3. The Labute approximate surface area is 101 Å². The van der Waals surface area contributed by atoms with Crippen molar-refractivity contribution in [1.29, 1.82) is 0 Å². The Morgan fingerprint density at radius 2 is 2.18 bits per heavy atom. The number of aryl methyl sites for hydroxylation is 1. The highest BCUT2D eigenvalue weighted by molar-refractivity contribution is 5.67. The lowest BCUT2D eigenvalue weighted by atomic mass is 9.69. The van der Waals surface area contributed by atoms with Gasteiger partial charge in [0.1, 0.15) is 12.2 Å². The van der Waals surface area contributed by atoms with Gasteiger partial charge in [-0.1, -0.05) is 19.3 Å². The summed E-state index contributed by atoms with van der Waals surface area (Å²) in [6.07, 6.45) is 8.12. The van der Waals surface area contributed by atoms with Crippen molar-refractivity contribution in [2.75, 3.05) is 0 Å². The molecule has 0 aliphatic heterocycles. The third-order valence-electron chi connectivity index (χ3n) is 3.78. The van der Waals surface area contributed by atoms with E-state index in [2.05, 4.69) is 10.2 Å². The van der Waals surface area contributed by atoms with Crippen LogP contribution in [-0.4, -0.2) is 25.8 Å². The van der Waals surface area contributed by atoms with Gasteiger partial charge in [-0.25, -0.2) is 0 Å². The molecule has 0 amide bonds.